The van der Waals surface area contributed by atoms with E-state index in [-0.39, 0.29) is 11.1 Å². The van der Waals surface area contributed by atoms with Gasteiger partial charge in [-0.05, 0) is 44.9 Å². The molecule has 0 saturated carbocycles. The van der Waals surface area contributed by atoms with Crippen LogP contribution in [0.4, 0.5) is 14.5 Å². The number of H-pyrrole nitrogens is 1. The fraction of sp³-hybridized carbons (Fsp3) is 0.286. The zero-order chi connectivity index (χ0) is 24.2. The molecule has 1 aliphatic rings. The summed E-state index contributed by atoms with van der Waals surface area (Å²) < 4.78 is 31.7. The maximum absolute atomic E-state index is 16.2. The van der Waals surface area contributed by atoms with Gasteiger partial charge in [0.1, 0.15) is 11.6 Å². The highest BCUT2D eigenvalue weighted by molar-refractivity contribution is 5.96. The molecule has 0 bridgehead atoms. The quantitative estimate of drug-likeness (QED) is 0.296. The van der Waals surface area contributed by atoms with Crippen LogP contribution < -0.4 is 10.6 Å². The summed E-state index contributed by atoms with van der Waals surface area (Å²) in [4.78, 5) is 3.16. The van der Waals surface area contributed by atoms with Gasteiger partial charge in [0.15, 0.2) is 0 Å². The normalized spacial score (nSPS) is 19.1. The van der Waals surface area contributed by atoms with Gasteiger partial charge in [-0.2, -0.15) is 0 Å². The van der Waals surface area contributed by atoms with Crippen LogP contribution in [-0.2, 0) is 6.54 Å². The summed E-state index contributed by atoms with van der Waals surface area (Å²) in [7, 11) is 0. The van der Waals surface area contributed by atoms with Crippen molar-refractivity contribution in [1.82, 2.24) is 10.3 Å². The lowest BCUT2D eigenvalue weighted by Crippen LogP contribution is -2.54. The SMILES string of the molecule is Cc1ccc(CN[C@@H]2c3c(cc(F)c(-c4cccc5c(C)c[nH]c45)c3F)NC(C)(C)[C@H]2O)cc1. The molecule has 0 aliphatic carbocycles. The first-order chi connectivity index (χ1) is 16.2. The summed E-state index contributed by atoms with van der Waals surface area (Å²) in [6, 6.07) is 14.1. The molecule has 2 atom stereocenters. The van der Waals surface area contributed by atoms with Crippen LogP contribution in [0.3, 0.4) is 0 Å². The molecule has 2 heterocycles. The van der Waals surface area contributed by atoms with Crippen molar-refractivity contribution in [2.45, 2.75) is 51.9 Å². The van der Waals surface area contributed by atoms with Gasteiger partial charge in [0.2, 0.25) is 0 Å². The first-order valence-corrected chi connectivity index (χ1v) is 11.5. The van der Waals surface area contributed by atoms with Crippen molar-refractivity contribution < 1.29 is 13.9 Å². The third-order valence-electron chi connectivity index (χ3n) is 6.92. The number of anilines is 1. The Bertz CT molecular complexity index is 1370. The number of fused-ring (bicyclic) bond motifs is 2. The van der Waals surface area contributed by atoms with E-state index < -0.39 is 29.3 Å². The zero-order valence-electron chi connectivity index (χ0n) is 19.8. The Morgan fingerprint density at radius 3 is 2.53 bits per heavy atom. The van der Waals surface area contributed by atoms with Crippen molar-refractivity contribution in [2.75, 3.05) is 5.32 Å². The van der Waals surface area contributed by atoms with Crippen LogP contribution in [0, 0.1) is 25.5 Å². The minimum absolute atomic E-state index is 0.0953. The number of aliphatic hydroxyl groups is 1. The molecule has 0 fully saturated rings. The Balaban J connectivity index is 1.64. The molecule has 1 aliphatic heterocycles. The maximum Gasteiger partial charge on any atom is 0.140 e. The van der Waals surface area contributed by atoms with Crippen molar-refractivity contribution in [1.29, 1.82) is 0 Å². The average molecular weight is 462 g/mol. The number of benzene rings is 3. The van der Waals surface area contributed by atoms with E-state index in [1.54, 1.807) is 12.1 Å². The van der Waals surface area contributed by atoms with E-state index in [0.29, 0.717) is 23.3 Å². The van der Waals surface area contributed by atoms with Crippen LogP contribution in [0.1, 0.15) is 42.1 Å². The van der Waals surface area contributed by atoms with Crippen LogP contribution in [0.25, 0.3) is 22.0 Å². The monoisotopic (exact) mass is 461 g/mol. The number of hydrogen-bond acceptors (Lipinski definition) is 3. The van der Waals surface area contributed by atoms with Gasteiger partial charge in [0.25, 0.3) is 0 Å². The number of hydrogen-bond donors (Lipinski definition) is 4. The van der Waals surface area contributed by atoms with Crippen molar-refractivity contribution in [2.24, 2.45) is 0 Å². The molecular weight excluding hydrogens is 432 g/mol. The lowest BCUT2D eigenvalue weighted by molar-refractivity contribution is 0.0663. The van der Waals surface area contributed by atoms with Crippen molar-refractivity contribution >= 4 is 16.6 Å². The highest BCUT2D eigenvalue weighted by atomic mass is 19.1. The van der Waals surface area contributed by atoms with Gasteiger partial charge in [-0.3, -0.25) is 0 Å². The molecule has 1 aromatic heterocycles. The van der Waals surface area contributed by atoms with Crippen molar-refractivity contribution in [3.8, 4) is 11.1 Å². The first kappa shape index (κ1) is 22.6. The predicted octanol–water partition coefficient (Wildman–Crippen LogP) is 6.13. The number of aryl methyl sites for hydroxylation is 2. The topological polar surface area (TPSA) is 60.1 Å². The van der Waals surface area contributed by atoms with Gasteiger partial charge in [-0.15, -0.1) is 0 Å². The molecule has 4 aromatic rings. The van der Waals surface area contributed by atoms with Crippen LogP contribution in [0.2, 0.25) is 0 Å². The molecular formula is C28H29F2N3O. The number of para-hydroxylation sites is 1. The molecule has 0 spiro atoms. The Kier molecular flexibility index (Phi) is 5.46. The maximum atomic E-state index is 16.2. The van der Waals surface area contributed by atoms with Gasteiger partial charge in [0, 0.05) is 34.9 Å². The summed E-state index contributed by atoms with van der Waals surface area (Å²) in [5.74, 6) is -1.31. The number of rotatable bonds is 4. The number of nitrogens with one attached hydrogen (secondary N) is 3. The molecule has 4 N–H and O–H groups in total. The molecule has 34 heavy (non-hydrogen) atoms. The summed E-state index contributed by atoms with van der Waals surface area (Å²) in [6.45, 7) is 8.06. The highest BCUT2D eigenvalue weighted by Gasteiger charge is 2.43. The lowest BCUT2D eigenvalue weighted by atomic mass is 9.80. The lowest BCUT2D eigenvalue weighted by Gasteiger charge is -2.44. The van der Waals surface area contributed by atoms with E-state index >= 15 is 8.78 Å². The number of aliphatic hydroxyl groups excluding tert-OH is 1. The highest BCUT2D eigenvalue weighted by Crippen LogP contribution is 2.44. The standard InChI is InChI=1S/C28H29F2N3O/c1-15-8-10-17(11-9-15)14-32-26-23-21(33-28(3,4)27(26)34)12-20(29)22(24(23)30)19-7-5-6-18-16(2)13-31-25(18)19/h5-13,26-27,31-34H,14H2,1-4H3/t26-,27+/m1/s1. The van der Waals surface area contributed by atoms with Crippen molar-refractivity contribution in [3.05, 3.63) is 88.6 Å². The smallest absolute Gasteiger partial charge is 0.140 e. The van der Waals surface area contributed by atoms with Gasteiger partial charge in [-0.25, -0.2) is 8.78 Å². The van der Waals surface area contributed by atoms with Crippen LogP contribution in [0.15, 0.2) is 54.7 Å². The third kappa shape index (κ3) is 3.67. The Hall–Kier alpha value is -3.22. The second kappa shape index (κ2) is 8.22. The van der Waals surface area contributed by atoms with Gasteiger partial charge in [-0.1, -0.05) is 48.0 Å². The summed E-state index contributed by atoms with van der Waals surface area (Å²) in [5.41, 5.74) is 4.04. The van der Waals surface area contributed by atoms with Gasteiger partial charge in [0.05, 0.1) is 28.8 Å². The van der Waals surface area contributed by atoms with Crippen molar-refractivity contribution in [3.63, 3.8) is 0 Å². The number of aromatic amines is 1. The second-order valence-electron chi connectivity index (χ2n) is 9.84. The van der Waals surface area contributed by atoms with E-state index in [2.05, 4.69) is 15.6 Å². The summed E-state index contributed by atoms with van der Waals surface area (Å²) >= 11 is 0. The minimum Gasteiger partial charge on any atom is -0.389 e. The molecule has 4 nitrogen and oxygen atoms in total. The van der Waals surface area contributed by atoms with E-state index in [4.69, 9.17) is 0 Å². The summed E-state index contributed by atoms with van der Waals surface area (Å²) in [6.07, 6.45) is 0.893. The molecule has 0 amide bonds. The van der Waals surface area contributed by atoms with Crippen LogP contribution >= 0.6 is 0 Å². The van der Waals surface area contributed by atoms with Crippen LogP contribution in [-0.4, -0.2) is 21.7 Å². The van der Waals surface area contributed by atoms with E-state index in [9.17, 15) is 5.11 Å². The fourth-order valence-electron chi connectivity index (χ4n) is 4.93. The molecule has 0 saturated heterocycles. The van der Waals surface area contributed by atoms with Crippen LogP contribution in [0.5, 0.6) is 0 Å². The molecule has 0 radical (unpaired) electrons. The predicted molar refractivity (Wildman–Crippen MR) is 133 cm³/mol. The first-order valence-electron chi connectivity index (χ1n) is 11.5. The average Bonchev–Trinajstić information content (AvgIpc) is 3.17. The van der Waals surface area contributed by atoms with Gasteiger partial charge >= 0.3 is 0 Å². The Morgan fingerprint density at radius 2 is 1.79 bits per heavy atom. The zero-order valence-corrected chi connectivity index (χ0v) is 19.8. The molecule has 6 heteroatoms. The second-order valence-corrected chi connectivity index (χ2v) is 9.84. The molecule has 0 unspecified atom stereocenters. The van der Waals surface area contributed by atoms with E-state index in [0.717, 1.165) is 22.1 Å². The van der Waals surface area contributed by atoms with E-state index in [1.807, 2.05) is 64.2 Å². The summed E-state index contributed by atoms with van der Waals surface area (Å²) in [5, 5.41) is 18.6. The number of halogens is 2. The third-order valence-corrected chi connectivity index (χ3v) is 6.92. The van der Waals surface area contributed by atoms with Gasteiger partial charge < -0.3 is 20.7 Å². The molecule has 176 valence electrons. The number of aromatic nitrogens is 1. The fourth-order valence-corrected chi connectivity index (χ4v) is 4.93. The largest absolute Gasteiger partial charge is 0.389 e. The Labute approximate surface area is 198 Å². The Morgan fingerprint density at radius 1 is 1.06 bits per heavy atom. The molecule has 5 rings (SSSR count). The van der Waals surface area contributed by atoms with E-state index in [1.165, 1.54) is 6.07 Å². The minimum atomic E-state index is -0.943. The molecule has 3 aromatic carbocycles.